The number of hydrogen-bond acceptors (Lipinski definition) is 6. The molecule has 0 saturated heterocycles. The number of sulfonamides is 1. The zero-order valence-corrected chi connectivity index (χ0v) is 21.3. The third kappa shape index (κ3) is 5.09. The van der Waals surface area contributed by atoms with Gasteiger partial charge in [-0.05, 0) is 70.5 Å². The van der Waals surface area contributed by atoms with Crippen molar-refractivity contribution < 1.29 is 27.5 Å². The Morgan fingerprint density at radius 1 is 1.09 bits per heavy atom. The van der Waals surface area contributed by atoms with Gasteiger partial charge in [0.1, 0.15) is 5.60 Å². The number of hydrogen-bond donors (Lipinski definition) is 0. The number of benzene rings is 2. The number of ether oxygens (including phenoxy) is 2. The molecule has 0 aliphatic heterocycles. The normalized spacial score (nSPS) is 12.0. The van der Waals surface area contributed by atoms with Crippen molar-refractivity contribution in [1.29, 1.82) is 0 Å². The molecule has 1 heterocycles. The number of carbonyl (C=O) groups is 2. The van der Waals surface area contributed by atoms with Crippen LogP contribution in [0.3, 0.4) is 0 Å². The van der Waals surface area contributed by atoms with Crippen LogP contribution in [0.15, 0.2) is 42.5 Å². The van der Waals surface area contributed by atoms with Gasteiger partial charge in [-0.1, -0.05) is 12.1 Å². The summed E-state index contributed by atoms with van der Waals surface area (Å²) in [5.74, 6) is -0.469. The van der Waals surface area contributed by atoms with Crippen molar-refractivity contribution in [2.75, 3.05) is 24.2 Å². The molecule has 0 radical (unpaired) electrons. The van der Waals surface area contributed by atoms with E-state index in [-0.39, 0.29) is 6.61 Å². The van der Waals surface area contributed by atoms with Crippen LogP contribution in [0.4, 0.5) is 10.5 Å². The molecule has 1 aromatic heterocycles. The van der Waals surface area contributed by atoms with E-state index in [0.717, 1.165) is 6.26 Å². The van der Waals surface area contributed by atoms with Gasteiger partial charge in [0.2, 0.25) is 10.0 Å². The first kappa shape index (κ1) is 25.3. The summed E-state index contributed by atoms with van der Waals surface area (Å²) < 4.78 is 37.6. The molecule has 2 aromatic carbocycles. The van der Waals surface area contributed by atoms with Gasteiger partial charge in [0.15, 0.2) is 0 Å². The molecule has 0 fully saturated rings. The molecule has 9 heteroatoms. The summed E-state index contributed by atoms with van der Waals surface area (Å²) >= 11 is 0. The third-order valence-electron chi connectivity index (χ3n) is 5.29. The molecule has 182 valence electrons. The lowest BCUT2D eigenvalue weighted by Gasteiger charge is -2.20. The Hall–Kier alpha value is -3.33. The fourth-order valence-corrected chi connectivity index (χ4v) is 4.21. The predicted molar refractivity (Wildman–Crippen MR) is 133 cm³/mol. The Morgan fingerprint density at radius 2 is 1.76 bits per heavy atom. The quantitative estimate of drug-likeness (QED) is 0.473. The van der Waals surface area contributed by atoms with Crippen molar-refractivity contribution in [3.63, 3.8) is 0 Å². The van der Waals surface area contributed by atoms with Crippen molar-refractivity contribution >= 4 is 38.7 Å². The lowest BCUT2D eigenvalue weighted by molar-refractivity contribution is 0.0522. The summed E-state index contributed by atoms with van der Waals surface area (Å²) in [5, 5.41) is 0.646. The highest BCUT2D eigenvalue weighted by molar-refractivity contribution is 7.92. The van der Waals surface area contributed by atoms with Crippen LogP contribution in [0.2, 0.25) is 0 Å². The molecule has 0 unspecified atom stereocenters. The summed E-state index contributed by atoms with van der Waals surface area (Å²) in [5.41, 5.74) is 2.67. The fourth-order valence-electron chi connectivity index (χ4n) is 3.72. The summed E-state index contributed by atoms with van der Waals surface area (Å²) in [6.45, 7) is 9.12. The van der Waals surface area contributed by atoms with Gasteiger partial charge in [-0.2, -0.15) is 0 Å². The summed E-state index contributed by atoms with van der Waals surface area (Å²) in [4.78, 5) is 25.5. The second-order valence-electron chi connectivity index (χ2n) is 9.01. The number of esters is 1. The van der Waals surface area contributed by atoms with E-state index in [1.54, 1.807) is 71.0 Å². The zero-order valence-electron chi connectivity index (χ0n) is 20.5. The Morgan fingerprint density at radius 3 is 2.35 bits per heavy atom. The Labute approximate surface area is 200 Å². The monoisotopic (exact) mass is 486 g/mol. The highest BCUT2D eigenvalue weighted by Crippen LogP contribution is 2.37. The molecule has 3 aromatic rings. The highest BCUT2D eigenvalue weighted by Gasteiger charge is 2.26. The number of carbonyl (C=O) groups excluding carboxylic acids is 2. The summed E-state index contributed by atoms with van der Waals surface area (Å²) in [7, 11) is -1.99. The van der Waals surface area contributed by atoms with Crippen molar-refractivity contribution in [3.05, 3.63) is 53.7 Å². The molecule has 0 bridgehead atoms. The average molecular weight is 487 g/mol. The molecular weight excluding hydrogens is 456 g/mol. The maximum Gasteiger partial charge on any atom is 0.419 e. The van der Waals surface area contributed by atoms with E-state index in [1.165, 1.54) is 15.9 Å². The number of rotatable bonds is 5. The van der Waals surface area contributed by atoms with Gasteiger partial charge >= 0.3 is 12.1 Å². The molecule has 0 aliphatic rings. The van der Waals surface area contributed by atoms with E-state index in [9.17, 15) is 18.0 Å². The maximum atomic E-state index is 13.1. The second-order valence-corrected chi connectivity index (χ2v) is 11.0. The summed E-state index contributed by atoms with van der Waals surface area (Å²) in [6, 6.07) is 12.0. The number of aromatic nitrogens is 1. The Bertz CT molecular complexity index is 1370. The highest BCUT2D eigenvalue weighted by atomic mass is 32.2. The van der Waals surface area contributed by atoms with Gasteiger partial charge in [0, 0.05) is 23.7 Å². The van der Waals surface area contributed by atoms with Gasteiger partial charge in [0.05, 0.1) is 29.6 Å². The van der Waals surface area contributed by atoms with Crippen LogP contribution < -0.4 is 4.31 Å². The van der Waals surface area contributed by atoms with Crippen LogP contribution in [0.5, 0.6) is 0 Å². The van der Waals surface area contributed by atoms with Crippen molar-refractivity contribution in [2.45, 2.75) is 40.2 Å². The van der Waals surface area contributed by atoms with Crippen molar-refractivity contribution in [3.8, 4) is 11.1 Å². The minimum Gasteiger partial charge on any atom is -0.462 e. The zero-order chi connectivity index (χ0) is 25.4. The molecule has 0 amide bonds. The molecular formula is C25H30N2O6S. The number of anilines is 1. The first-order chi connectivity index (χ1) is 15.7. The Kier molecular flexibility index (Phi) is 6.80. The number of fused-ring (bicyclic) bond motifs is 1. The van der Waals surface area contributed by atoms with Crippen LogP contribution in [0, 0.1) is 6.92 Å². The molecule has 0 atom stereocenters. The molecule has 0 spiro atoms. The smallest absolute Gasteiger partial charge is 0.419 e. The fraction of sp³-hybridized carbons (Fsp3) is 0.360. The minimum absolute atomic E-state index is 0.238. The SMILES string of the molecule is CCOC(=O)c1ccc2c(c1)c(-c1cccc(N(C)S(C)(=O)=O)c1)c(C)n2C(=O)OC(C)(C)C. The lowest BCUT2D eigenvalue weighted by atomic mass is 10.0. The standard InChI is InChI=1S/C25H30N2O6S/c1-8-32-23(28)18-12-13-21-20(15-18)22(16(2)27(21)24(29)33-25(3,4)5)17-10-9-11-19(14-17)26(6)34(7,30)31/h9-15H,8H2,1-7H3. The first-order valence-corrected chi connectivity index (χ1v) is 12.7. The Balaban J connectivity index is 2.30. The van der Waals surface area contributed by atoms with E-state index >= 15 is 0 Å². The molecule has 8 nitrogen and oxygen atoms in total. The van der Waals surface area contributed by atoms with E-state index < -0.39 is 27.7 Å². The van der Waals surface area contributed by atoms with E-state index in [0.29, 0.717) is 39.0 Å². The van der Waals surface area contributed by atoms with Gasteiger partial charge in [0.25, 0.3) is 0 Å². The van der Waals surface area contributed by atoms with Gasteiger partial charge in [-0.25, -0.2) is 22.6 Å². The van der Waals surface area contributed by atoms with Crippen LogP contribution >= 0.6 is 0 Å². The predicted octanol–water partition coefficient (Wildman–Crippen LogP) is 4.97. The first-order valence-electron chi connectivity index (χ1n) is 10.8. The van der Waals surface area contributed by atoms with Gasteiger partial charge < -0.3 is 9.47 Å². The number of nitrogens with zero attached hydrogens (tertiary/aromatic N) is 2. The summed E-state index contributed by atoms with van der Waals surface area (Å²) in [6.07, 6.45) is 0.583. The largest absolute Gasteiger partial charge is 0.462 e. The topological polar surface area (TPSA) is 94.9 Å². The third-order valence-corrected chi connectivity index (χ3v) is 6.49. The van der Waals surface area contributed by atoms with E-state index in [4.69, 9.17) is 9.47 Å². The molecule has 0 N–H and O–H groups in total. The van der Waals surface area contributed by atoms with E-state index in [1.807, 2.05) is 6.07 Å². The molecule has 0 aliphatic carbocycles. The lowest BCUT2D eigenvalue weighted by Crippen LogP contribution is -2.27. The molecule has 3 rings (SSSR count). The minimum atomic E-state index is -3.47. The molecule has 34 heavy (non-hydrogen) atoms. The second kappa shape index (κ2) is 9.13. The van der Waals surface area contributed by atoms with E-state index in [2.05, 4.69) is 0 Å². The van der Waals surface area contributed by atoms with Crippen LogP contribution in [0.1, 0.15) is 43.7 Å². The van der Waals surface area contributed by atoms with Crippen molar-refractivity contribution in [2.24, 2.45) is 0 Å². The maximum absolute atomic E-state index is 13.1. The van der Waals surface area contributed by atoms with Crippen LogP contribution in [-0.4, -0.2) is 50.6 Å². The van der Waals surface area contributed by atoms with Crippen LogP contribution in [0.25, 0.3) is 22.0 Å². The molecule has 0 saturated carbocycles. The van der Waals surface area contributed by atoms with Gasteiger partial charge in [-0.3, -0.25) is 4.31 Å². The van der Waals surface area contributed by atoms with Crippen molar-refractivity contribution in [1.82, 2.24) is 4.57 Å². The van der Waals surface area contributed by atoms with Gasteiger partial charge in [-0.15, -0.1) is 0 Å². The average Bonchev–Trinajstić information content (AvgIpc) is 3.02. The van der Waals surface area contributed by atoms with Crippen LogP contribution in [-0.2, 0) is 19.5 Å².